The number of carbonyl (C=O) groups excluding carboxylic acids is 1. The van der Waals surface area contributed by atoms with Crippen molar-refractivity contribution >= 4 is 11.9 Å². The van der Waals surface area contributed by atoms with Gasteiger partial charge in [0.05, 0.1) is 12.0 Å². The highest BCUT2D eigenvalue weighted by Crippen LogP contribution is 2.30. The van der Waals surface area contributed by atoms with Crippen LogP contribution < -0.4 is 0 Å². The molecule has 2 heterocycles. The fourth-order valence-electron chi connectivity index (χ4n) is 2.29. The predicted octanol–water partition coefficient (Wildman–Crippen LogP) is 1.59. The number of nitrogens with zero attached hydrogens (tertiary/aromatic N) is 2. The largest absolute Gasteiger partial charge is 0.462 e. The highest BCUT2D eigenvalue weighted by molar-refractivity contribution is 5.94. The molecule has 2 atom stereocenters. The molecule has 1 aromatic carbocycles. The standard InChI is InChI=1S/C13H14N2O2/c1-9-7-15-11(10-5-3-2-4-6-10)8-17-13(15)14-12(9)16/h2-6,9,11H,7-8H2,1H3/t9-,11+/m0/s1. The molecule has 0 bridgehead atoms. The summed E-state index contributed by atoms with van der Waals surface area (Å²) in [5, 5.41) is 0. The van der Waals surface area contributed by atoms with Gasteiger partial charge in [0.2, 0.25) is 0 Å². The average Bonchev–Trinajstić information content (AvgIpc) is 2.74. The summed E-state index contributed by atoms with van der Waals surface area (Å²) in [7, 11) is 0. The molecular weight excluding hydrogens is 216 g/mol. The van der Waals surface area contributed by atoms with E-state index in [1.807, 2.05) is 25.1 Å². The minimum Gasteiger partial charge on any atom is -0.462 e. The number of hydrogen-bond acceptors (Lipinski definition) is 3. The van der Waals surface area contributed by atoms with Crippen LogP contribution in [0.1, 0.15) is 18.5 Å². The number of carbonyl (C=O) groups is 1. The molecule has 1 aromatic rings. The van der Waals surface area contributed by atoms with Crippen LogP contribution in [0.15, 0.2) is 35.3 Å². The van der Waals surface area contributed by atoms with E-state index in [1.165, 1.54) is 5.56 Å². The van der Waals surface area contributed by atoms with E-state index < -0.39 is 0 Å². The van der Waals surface area contributed by atoms with E-state index in [-0.39, 0.29) is 17.9 Å². The van der Waals surface area contributed by atoms with Crippen LogP contribution in [0.4, 0.5) is 0 Å². The summed E-state index contributed by atoms with van der Waals surface area (Å²) in [6.45, 7) is 3.17. The number of benzene rings is 1. The lowest BCUT2D eigenvalue weighted by molar-refractivity contribution is -0.122. The van der Waals surface area contributed by atoms with E-state index in [0.717, 1.165) is 0 Å². The topological polar surface area (TPSA) is 41.9 Å². The molecule has 0 N–H and O–H groups in total. The lowest BCUT2D eigenvalue weighted by Gasteiger charge is -2.28. The number of amides is 1. The van der Waals surface area contributed by atoms with Crippen molar-refractivity contribution in [2.24, 2.45) is 10.9 Å². The summed E-state index contributed by atoms with van der Waals surface area (Å²) < 4.78 is 5.50. The van der Waals surface area contributed by atoms with Crippen molar-refractivity contribution in [1.29, 1.82) is 0 Å². The maximum Gasteiger partial charge on any atom is 0.295 e. The van der Waals surface area contributed by atoms with Crippen molar-refractivity contribution in [3.63, 3.8) is 0 Å². The molecule has 0 aliphatic carbocycles. The zero-order valence-electron chi connectivity index (χ0n) is 9.67. The molecule has 17 heavy (non-hydrogen) atoms. The highest BCUT2D eigenvalue weighted by atomic mass is 16.5. The lowest BCUT2D eigenvalue weighted by atomic mass is 10.0. The number of ether oxygens (including phenoxy) is 1. The molecule has 4 heteroatoms. The fraction of sp³-hybridized carbons (Fsp3) is 0.385. The summed E-state index contributed by atoms with van der Waals surface area (Å²) in [6, 6.07) is 10.9. The quantitative estimate of drug-likeness (QED) is 0.735. The Bertz CT molecular complexity index is 470. The van der Waals surface area contributed by atoms with Crippen LogP contribution in [0.3, 0.4) is 0 Å². The summed E-state index contributed by atoms with van der Waals surface area (Å²) in [4.78, 5) is 17.6. The molecule has 1 saturated heterocycles. The molecule has 4 nitrogen and oxygen atoms in total. The third kappa shape index (κ3) is 1.69. The van der Waals surface area contributed by atoms with Crippen LogP contribution in [0.25, 0.3) is 0 Å². The van der Waals surface area contributed by atoms with Crippen molar-refractivity contribution in [3.8, 4) is 0 Å². The van der Waals surface area contributed by atoms with Gasteiger partial charge in [0.15, 0.2) is 0 Å². The molecular formula is C13H14N2O2. The smallest absolute Gasteiger partial charge is 0.295 e. The summed E-state index contributed by atoms with van der Waals surface area (Å²) in [5.74, 6) is -0.128. The van der Waals surface area contributed by atoms with Crippen LogP contribution in [-0.4, -0.2) is 30.0 Å². The summed E-state index contributed by atoms with van der Waals surface area (Å²) in [5.41, 5.74) is 1.21. The Hall–Kier alpha value is -1.84. The fourth-order valence-corrected chi connectivity index (χ4v) is 2.29. The van der Waals surface area contributed by atoms with Crippen molar-refractivity contribution in [2.75, 3.05) is 13.2 Å². The normalized spacial score (nSPS) is 27.5. The second-order valence-electron chi connectivity index (χ2n) is 4.52. The minimum atomic E-state index is -0.0787. The molecule has 0 unspecified atom stereocenters. The Morgan fingerprint density at radius 2 is 2.12 bits per heavy atom. The second kappa shape index (κ2) is 3.87. The van der Waals surface area contributed by atoms with Crippen LogP contribution in [0.5, 0.6) is 0 Å². The zero-order chi connectivity index (χ0) is 11.8. The Morgan fingerprint density at radius 1 is 1.35 bits per heavy atom. The molecule has 0 aromatic heterocycles. The Kier molecular flexibility index (Phi) is 2.35. The van der Waals surface area contributed by atoms with Gasteiger partial charge in [-0.25, -0.2) is 0 Å². The molecule has 2 aliphatic rings. The maximum absolute atomic E-state index is 11.5. The monoisotopic (exact) mass is 230 g/mol. The minimum absolute atomic E-state index is 0.0494. The van der Waals surface area contributed by atoms with Gasteiger partial charge in [-0.15, -0.1) is 0 Å². The SMILES string of the molecule is C[C@H]1CN2C(=NC1=O)OC[C@@H]2c1ccccc1. The van der Waals surface area contributed by atoms with E-state index in [1.54, 1.807) is 0 Å². The first kappa shape index (κ1) is 10.3. The molecule has 1 amide bonds. The van der Waals surface area contributed by atoms with Crippen molar-refractivity contribution in [3.05, 3.63) is 35.9 Å². The first-order valence-corrected chi connectivity index (χ1v) is 5.82. The second-order valence-corrected chi connectivity index (χ2v) is 4.52. The molecule has 88 valence electrons. The van der Waals surface area contributed by atoms with E-state index >= 15 is 0 Å². The van der Waals surface area contributed by atoms with Crippen LogP contribution in [-0.2, 0) is 9.53 Å². The molecule has 2 aliphatic heterocycles. The van der Waals surface area contributed by atoms with E-state index in [0.29, 0.717) is 19.2 Å². The Morgan fingerprint density at radius 3 is 2.88 bits per heavy atom. The molecule has 0 radical (unpaired) electrons. The van der Waals surface area contributed by atoms with Gasteiger partial charge in [-0.2, -0.15) is 4.99 Å². The Labute approximate surface area is 99.9 Å². The van der Waals surface area contributed by atoms with E-state index in [4.69, 9.17) is 4.74 Å². The Balaban J connectivity index is 1.91. The molecule has 3 rings (SSSR count). The first-order chi connectivity index (χ1) is 8.25. The number of rotatable bonds is 1. The van der Waals surface area contributed by atoms with Crippen molar-refractivity contribution in [2.45, 2.75) is 13.0 Å². The van der Waals surface area contributed by atoms with Gasteiger partial charge >= 0.3 is 0 Å². The van der Waals surface area contributed by atoms with Gasteiger partial charge in [0, 0.05) is 6.54 Å². The zero-order valence-corrected chi connectivity index (χ0v) is 9.67. The number of amidine groups is 1. The van der Waals surface area contributed by atoms with E-state index in [2.05, 4.69) is 22.0 Å². The molecule has 1 fully saturated rings. The van der Waals surface area contributed by atoms with Crippen LogP contribution >= 0.6 is 0 Å². The van der Waals surface area contributed by atoms with Gasteiger partial charge in [-0.1, -0.05) is 37.3 Å². The number of aliphatic imine (C=N–C) groups is 1. The summed E-state index contributed by atoms with van der Waals surface area (Å²) >= 11 is 0. The molecule has 0 spiro atoms. The van der Waals surface area contributed by atoms with Crippen LogP contribution in [0.2, 0.25) is 0 Å². The number of hydrogen-bond donors (Lipinski definition) is 0. The van der Waals surface area contributed by atoms with Crippen LogP contribution in [0, 0.1) is 5.92 Å². The third-order valence-electron chi connectivity index (χ3n) is 3.27. The first-order valence-electron chi connectivity index (χ1n) is 5.82. The van der Waals surface area contributed by atoms with Crippen molar-refractivity contribution < 1.29 is 9.53 Å². The van der Waals surface area contributed by atoms with Gasteiger partial charge in [0.25, 0.3) is 11.9 Å². The lowest BCUT2D eigenvalue weighted by Crippen LogP contribution is -2.39. The highest BCUT2D eigenvalue weighted by Gasteiger charge is 2.38. The van der Waals surface area contributed by atoms with Gasteiger partial charge in [-0.05, 0) is 5.56 Å². The van der Waals surface area contributed by atoms with Crippen molar-refractivity contribution in [1.82, 2.24) is 4.90 Å². The predicted molar refractivity (Wildman–Crippen MR) is 63.4 cm³/mol. The third-order valence-corrected chi connectivity index (χ3v) is 3.27. The molecule has 0 saturated carbocycles. The van der Waals surface area contributed by atoms with Gasteiger partial charge in [-0.3, -0.25) is 4.79 Å². The summed E-state index contributed by atoms with van der Waals surface area (Å²) in [6.07, 6.45) is 0. The van der Waals surface area contributed by atoms with Gasteiger partial charge in [0.1, 0.15) is 6.61 Å². The average molecular weight is 230 g/mol. The maximum atomic E-state index is 11.5. The van der Waals surface area contributed by atoms with E-state index in [9.17, 15) is 4.79 Å². The van der Waals surface area contributed by atoms with Gasteiger partial charge < -0.3 is 9.64 Å². The number of fused-ring (bicyclic) bond motifs is 1.